The van der Waals surface area contributed by atoms with Gasteiger partial charge in [-0.05, 0) is 44.9 Å². The maximum Gasteiger partial charge on any atom is 0.121 e. The highest BCUT2D eigenvalue weighted by molar-refractivity contribution is 5.79. The van der Waals surface area contributed by atoms with Gasteiger partial charge in [-0.15, -0.1) is 0 Å². The van der Waals surface area contributed by atoms with E-state index in [0.29, 0.717) is 6.17 Å². The SMILES string of the molecule is CC(C)=C(C)C1Nc2c(C)cccc2N1C. The molecule has 2 rings (SSSR count). The molecule has 1 aliphatic rings. The summed E-state index contributed by atoms with van der Waals surface area (Å²) in [7, 11) is 2.15. The molecular weight excluding hydrogens is 196 g/mol. The van der Waals surface area contributed by atoms with Crippen LogP contribution in [0.4, 0.5) is 11.4 Å². The van der Waals surface area contributed by atoms with Crippen LogP contribution in [-0.2, 0) is 0 Å². The number of likely N-dealkylation sites (N-methyl/N-ethyl adjacent to an activating group) is 1. The highest BCUT2D eigenvalue weighted by atomic mass is 15.3. The van der Waals surface area contributed by atoms with Gasteiger partial charge in [0.1, 0.15) is 6.17 Å². The van der Waals surface area contributed by atoms with Crippen LogP contribution in [0.1, 0.15) is 26.3 Å². The summed E-state index contributed by atoms with van der Waals surface area (Å²) >= 11 is 0. The first-order chi connectivity index (χ1) is 7.52. The standard InChI is InChI=1S/C14H20N2/c1-9(2)11(4)14-15-13-10(3)7-6-8-12(13)16(14)5/h6-8,14-15H,1-5H3. The molecular formula is C14H20N2. The minimum absolute atomic E-state index is 0.307. The number of anilines is 2. The van der Waals surface area contributed by atoms with Crippen LogP contribution in [0.5, 0.6) is 0 Å². The van der Waals surface area contributed by atoms with Crippen LogP contribution >= 0.6 is 0 Å². The van der Waals surface area contributed by atoms with E-state index in [4.69, 9.17) is 0 Å². The predicted molar refractivity (Wildman–Crippen MR) is 71.0 cm³/mol. The Balaban J connectivity index is 2.42. The van der Waals surface area contributed by atoms with Crippen molar-refractivity contribution >= 4 is 11.4 Å². The second-order valence-corrected chi connectivity index (χ2v) is 4.81. The number of fused-ring (bicyclic) bond motifs is 1. The van der Waals surface area contributed by atoms with Gasteiger partial charge in [-0.2, -0.15) is 0 Å². The van der Waals surface area contributed by atoms with E-state index >= 15 is 0 Å². The van der Waals surface area contributed by atoms with E-state index in [1.807, 2.05) is 0 Å². The van der Waals surface area contributed by atoms with Crippen molar-refractivity contribution in [2.45, 2.75) is 33.9 Å². The first kappa shape index (κ1) is 11.1. The van der Waals surface area contributed by atoms with Gasteiger partial charge in [0.05, 0.1) is 11.4 Å². The predicted octanol–water partition coefficient (Wildman–Crippen LogP) is 3.54. The monoisotopic (exact) mass is 216 g/mol. The number of nitrogens with one attached hydrogen (secondary N) is 1. The Morgan fingerprint density at radius 2 is 1.94 bits per heavy atom. The summed E-state index contributed by atoms with van der Waals surface area (Å²) in [6.07, 6.45) is 0.307. The maximum absolute atomic E-state index is 3.60. The van der Waals surface area contributed by atoms with Crippen LogP contribution < -0.4 is 10.2 Å². The molecule has 0 amide bonds. The minimum atomic E-state index is 0.307. The fourth-order valence-corrected chi connectivity index (χ4v) is 2.18. The summed E-state index contributed by atoms with van der Waals surface area (Å²) in [4.78, 5) is 2.31. The molecule has 0 aliphatic carbocycles. The molecule has 1 heterocycles. The molecule has 1 atom stereocenters. The molecule has 2 heteroatoms. The van der Waals surface area contributed by atoms with Crippen LogP contribution in [0.3, 0.4) is 0 Å². The summed E-state index contributed by atoms with van der Waals surface area (Å²) in [5, 5.41) is 3.60. The van der Waals surface area contributed by atoms with Gasteiger partial charge in [0.2, 0.25) is 0 Å². The first-order valence-electron chi connectivity index (χ1n) is 5.75. The van der Waals surface area contributed by atoms with E-state index in [-0.39, 0.29) is 0 Å². The van der Waals surface area contributed by atoms with Gasteiger partial charge in [-0.3, -0.25) is 0 Å². The average Bonchev–Trinajstić information content (AvgIpc) is 2.57. The van der Waals surface area contributed by atoms with Gasteiger partial charge in [-0.1, -0.05) is 17.7 Å². The van der Waals surface area contributed by atoms with Crippen LogP contribution in [0.25, 0.3) is 0 Å². The zero-order valence-corrected chi connectivity index (χ0v) is 10.8. The molecule has 86 valence electrons. The molecule has 0 bridgehead atoms. The molecule has 2 nitrogen and oxygen atoms in total. The fraction of sp³-hybridized carbons (Fsp3) is 0.429. The molecule has 16 heavy (non-hydrogen) atoms. The number of para-hydroxylation sites is 1. The van der Waals surface area contributed by atoms with E-state index < -0.39 is 0 Å². The van der Waals surface area contributed by atoms with E-state index in [2.05, 4.69) is 63.2 Å². The van der Waals surface area contributed by atoms with Gasteiger partial charge in [0.25, 0.3) is 0 Å². The molecule has 1 unspecified atom stereocenters. The molecule has 0 fully saturated rings. The van der Waals surface area contributed by atoms with Crippen molar-refractivity contribution in [2.24, 2.45) is 0 Å². The Labute approximate surface area is 98.0 Å². The lowest BCUT2D eigenvalue weighted by Gasteiger charge is -2.24. The van der Waals surface area contributed by atoms with E-state index in [0.717, 1.165) is 0 Å². The van der Waals surface area contributed by atoms with Crippen LogP contribution in [-0.4, -0.2) is 13.2 Å². The summed E-state index contributed by atoms with van der Waals surface area (Å²) < 4.78 is 0. The molecule has 1 aromatic rings. The average molecular weight is 216 g/mol. The third-order valence-corrected chi connectivity index (χ3v) is 3.50. The van der Waals surface area contributed by atoms with Gasteiger partial charge in [0.15, 0.2) is 0 Å². The molecule has 1 aromatic carbocycles. The molecule has 0 saturated carbocycles. The Bertz CT molecular complexity index is 442. The normalized spacial score (nSPS) is 18.1. The number of aryl methyl sites for hydroxylation is 1. The summed E-state index contributed by atoms with van der Waals surface area (Å²) in [5.74, 6) is 0. The minimum Gasteiger partial charge on any atom is -0.360 e. The number of hydrogen-bond acceptors (Lipinski definition) is 2. The van der Waals surface area contributed by atoms with E-state index in [9.17, 15) is 0 Å². The molecule has 1 aliphatic heterocycles. The summed E-state index contributed by atoms with van der Waals surface area (Å²) in [6.45, 7) is 8.69. The van der Waals surface area contributed by atoms with Crippen molar-refractivity contribution in [1.29, 1.82) is 0 Å². The van der Waals surface area contributed by atoms with Crippen molar-refractivity contribution in [2.75, 3.05) is 17.3 Å². The number of nitrogens with zero attached hydrogens (tertiary/aromatic N) is 1. The smallest absolute Gasteiger partial charge is 0.121 e. The third-order valence-electron chi connectivity index (χ3n) is 3.50. The van der Waals surface area contributed by atoms with Crippen molar-refractivity contribution in [1.82, 2.24) is 0 Å². The quantitative estimate of drug-likeness (QED) is 0.722. The highest BCUT2D eigenvalue weighted by Crippen LogP contribution is 2.38. The molecule has 0 spiro atoms. The van der Waals surface area contributed by atoms with Crippen LogP contribution in [0, 0.1) is 6.92 Å². The topological polar surface area (TPSA) is 15.3 Å². The number of allylic oxidation sites excluding steroid dienone is 1. The number of hydrogen-bond donors (Lipinski definition) is 1. The zero-order valence-electron chi connectivity index (χ0n) is 10.8. The molecule has 0 aromatic heterocycles. The largest absolute Gasteiger partial charge is 0.360 e. The van der Waals surface area contributed by atoms with Crippen LogP contribution in [0.15, 0.2) is 29.3 Å². The summed E-state index contributed by atoms with van der Waals surface area (Å²) in [5.41, 5.74) is 6.67. The molecule has 0 radical (unpaired) electrons. The van der Waals surface area contributed by atoms with Crippen LogP contribution in [0.2, 0.25) is 0 Å². The third kappa shape index (κ3) is 1.58. The molecule has 1 N–H and O–H groups in total. The Kier molecular flexibility index (Phi) is 2.66. The first-order valence-corrected chi connectivity index (χ1v) is 5.75. The van der Waals surface area contributed by atoms with Crippen molar-refractivity contribution in [3.63, 3.8) is 0 Å². The van der Waals surface area contributed by atoms with Gasteiger partial charge in [0, 0.05) is 7.05 Å². The number of rotatable bonds is 1. The second-order valence-electron chi connectivity index (χ2n) is 4.81. The summed E-state index contributed by atoms with van der Waals surface area (Å²) in [6, 6.07) is 6.44. The Hall–Kier alpha value is -1.44. The lowest BCUT2D eigenvalue weighted by molar-refractivity contribution is 0.817. The Morgan fingerprint density at radius 1 is 1.25 bits per heavy atom. The van der Waals surface area contributed by atoms with Gasteiger partial charge < -0.3 is 10.2 Å². The van der Waals surface area contributed by atoms with E-state index in [1.165, 1.54) is 28.1 Å². The second kappa shape index (κ2) is 3.85. The van der Waals surface area contributed by atoms with Crippen molar-refractivity contribution in [3.05, 3.63) is 34.9 Å². The lowest BCUT2D eigenvalue weighted by Crippen LogP contribution is -2.33. The van der Waals surface area contributed by atoms with Crippen molar-refractivity contribution < 1.29 is 0 Å². The van der Waals surface area contributed by atoms with Gasteiger partial charge >= 0.3 is 0 Å². The highest BCUT2D eigenvalue weighted by Gasteiger charge is 2.27. The zero-order chi connectivity index (χ0) is 11.9. The Morgan fingerprint density at radius 3 is 2.50 bits per heavy atom. The lowest BCUT2D eigenvalue weighted by atomic mass is 10.1. The van der Waals surface area contributed by atoms with Gasteiger partial charge in [-0.25, -0.2) is 0 Å². The van der Waals surface area contributed by atoms with E-state index in [1.54, 1.807) is 0 Å². The van der Waals surface area contributed by atoms with Crippen molar-refractivity contribution in [3.8, 4) is 0 Å². The fourth-order valence-electron chi connectivity index (χ4n) is 2.18. The maximum atomic E-state index is 3.60. The number of benzene rings is 1. The molecule has 0 saturated heterocycles.